The molecule has 2 amide bonds. The maximum Gasteiger partial charge on any atom is 0.340 e. The third kappa shape index (κ3) is 3.95. The van der Waals surface area contributed by atoms with E-state index in [2.05, 4.69) is 0 Å². The minimum atomic E-state index is -0.502. The smallest absolute Gasteiger partial charge is 0.340 e. The number of benzene rings is 1. The van der Waals surface area contributed by atoms with Gasteiger partial charge < -0.3 is 19.1 Å². The summed E-state index contributed by atoms with van der Waals surface area (Å²) >= 11 is 1.41. The second-order valence-corrected chi connectivity index (χ2v) is 8.02. The number of ether oxygens (including phenoxy) is 1. The van der Waals surface area contributed by atoms with Crippen molar-refractivity contribution in [2.75, 3.05) is 32.8 Å². The van der Waals surface area contributed by atoms with Crippen LogP contribution in [0.4, 0.5) is 0 Å². The molecule has 0 N–H and O–H groups in total. The number of amides is 2. The number of piperazine rings is 1. The Hall–Kier alpha value is -3.13. The van der Waals surface area contributed by atoms with E-state index in [0.717, 1.165) is 17.4 Å². The number of hydrogen-bond donors (Lipinski definition) is 0. The number of thiophene rings is 1. The molecule has 1 aliphatic rings. The predicted molar refractivity (Wildman–Crippen MR) is 115 cm³/mol. The van der Waals surface area contributed by atoms with Gasteiger partial charge in [-0.3, -0.25) is 9.59 Å². The zero-order chi connectivity index (χ0) is 21.1. The van der Waals surface area contributed by atoms with Gasteiger partial charge in [-0.15, -0.1) is 11.3 Å². The first kappa shape index (κ1) is 20.2. The van der Waals surface area contributed by atoms with E-state index in [1.54, 1.807) is 22.1 Å². The van der Waals surface area contributed by atoms with Gasteiger partial charge in [-0.2, -0.15) is 0 Å². The molecule has 0 saturated carbocycles. The van der Waals surface area contributed by atoms with E-state index in [0.29, 0.717) is 36.6 Å². The molecular formula is C22H23N3O4S. The number of esters is 1. The van der Waals surface area contributed by atoms with Crippen molar-refractivity contribution in [3.63, 3.8) is 0 Å². The maximum atomic E-state index is 12.6. The topological polar surface area (TPSA) is 71.8 Å². The Bertz CT molecular complexity index is 1070. The molecule has 3 aromatic rings. The molecule has 0 atom stereocenters. The highest BCUT2D eigenvalue weighted by atomic mass is 32.1. The molecule has 8 heteroatoms. The number of aryl methyl sites for hydroxylation is 1. The fourth-order valence-electron chi connectivity index (χ4n) is 3.68. The maximum absolute atomic E-state index is 12.6. The minimum Gasteiger partial charge on any atom is -0.452 e. The van der Waals surface area contributed by atoms with Crippen molar-refractivity contribution in [1.82, 2.24) is 14.4 Å². The van der Waals surface area contributed by atoms with Gasteiger partial charge in [-0.05, 0) is 24.4 Å². The van der Waals surface area contributed by atoms with Crippen LogP contribution >= 0.6 is 11.3 Å². The molecule has 0 bridgehead atoms. The lowest BCUT2D eigenvalue weighted by Gasteiger charge is -2.34. The van der Waals surface area contributed by atoms with Gasteiger partial charge in [0.2, 0.25) is 0 Å². The van der Waals surface area contributed by atoms with E-state index in [-0.39, 0.29) is 18.4 Å². The lowest BCUT2D eigenvalue weighted by atomic mass is 10.2. The molecule has 1 saturated heterocycles. The van der Waals surface area contributed by atoms with Crippen molar-refractivity contribution >= 4 is 40.0 Å². The molecule has 4 rings (SSSR count). The van der Waals surface area contributed by atoms with Crippen molar-refractivity contribution in [3.8, 4) is 0 Å². The Morgan fingerprint density at radius 1 is 1.00 bits per heavy atom. The third-order valence-electron chi connectivity index (χ3n) is 5.33. The number of aromatic nitrogens is 1. The van der Waals surface area contributed by atoms with Crippen LogP contribution in [0.5, 0.6) is 0 Å². The van der Waals surface area contributed by atoms with E-state index in [1.165, 1.54) is 11.3 Å². The number of carbonyl (C=O) groups excluding carboxylic acids is 3. The third-order valence-corrected chi connectivity index (χ3v) is 6.19. The number of rotatable bonds is 5. The molecule has 1 fully saturated rings. The molecule has 7 nitrogen and oxygen atoms in total. The molecule has 0 aliphatic carbocycles. The first-order valence-electron chi connectivity index (χ1n) is 9.94. The standard InChI is InChI=1S/C22H23N3O4S/c1-2-23-14-17(16-6-3-4-7-18(16)23)22(28)29-15-20(26)24-9-11-25(12-10-24)21(27)19-8-5-13-30-19/h3-8,13-14H,2,9-12,15H2,1H3. The number of para-hydroxylation sites is 1. The lowest BCUT2D eigenvalue weighted by molar-refractivity contribution is -0.136. The Kier molecular flexibility index (Phi) is 5.85. The van der Waals surface area contributed by atoms with Crippen LogP contribution in [0.15, 0.2) is 48.0 Å². The van der Waals surface area contributed by atoms with Crippen LogP contribution in [-0.4, -0.2) is 64.9 Å². The van der Waals surface area contributed by atoms with Gasteiger partial charge in [-0.25, -0.2) is 4.79 Å². The average Bonchev–Trinajstić information content (AvgIpc) is 3.45. The van der Waals surface area contributed by atoms with Gasteiger partial charge in [0.25, 0.3) is 11.8 Å². The molecular weight excluding hydrogens is 402 g/mol. The fourth-order valence-corrected chi connectivity index (χ4v) is 4.37. The van der Waals surface area contributed by atoms with E-state index in [1.807, 2.05) is 47.2 Å². The van der Waals surface area contributed by atoms with Gasteiger partial charge in [0.05, 0.1) is 10.4 Å². The largest absolute Gasteiger partial charge is 0.452 e. The summed E-state index contributed by atoms with van der Waals surface area (Å²) in [6.45, 7) is 4.25. The highest BCUT2D eigenvalue weighted by Crippen LogP contribution is 2.22. The van der Waals surface area contributed by atoms with Crippen LogP contribution < -0.4 is 0 Å². The first-order chi connectivity index (χ1) is 14.6. The summed E-state index contributed by atoms with van der Waals surface area (Å²) in [4.78, 5) is 41.6. The van der Waals surface area contributed by atoms with Crippen LogP contribution in [0.2, 0.25) is 0 Å². The van der Waals surface area contributed by atoms with Gasteiger partial charge in [0.1, 0.15) is 0 Å². The summed E-state index contributed by atoms with van der Waals surface area (Å²) in [7, 11) is 0. The highest BCUT2D eigenvalue weighted by molar-refractivity contribution is 7.12. The molecule has 3 heterocycles. The summed E-state index contributed by atoms with van der Waals surface area (Å²) < 4.78 is 7.30. The van der Waals surface area contributed by atoms with Crippen LogP contribution in [0.1, 0.15) is 27.0 Å². The average molecular weight is 426 g/mol. The van der Waals surface area contributed by atoms with Crippen molar-refractivity contribution in [3.05, 3.63) is 58.4 Å². The van der Waals surface area contributed by atoms with Crippen LogP contribution in [0, 0.1) is 0 Å². The summed E-state index contributed by atoms with van der Waals surface area (Å²) in [5.41, 5.74) is 1.43. The van der Waals surface area contributed by atoms with Gasteiger partial charge in [0.15, 0.2) is 6.61 Å². The zero-order valence-electron chi connectivity index (χ0n) is 16.7. The summed E-state index contributed by atoms with van der Waals surface area (Å²) in [6, 6.07) is 11.3. The van der Waals surface area contributed by atoms with Crippen LogP contribution in [0.3, 0.4) is 0 Å². The SMILES string of the molecule is CCn1cc(C(=O)OCC(=O)N2CCN(C(=O)c3cccs3)CC2)c2ccccc21. The fraction of sp³-hybridized carbons (Fsp3) is 0.318. The highest BCUT2D eigenvalue weighted by Gasteiger charge is 2.26. The number of carbonyl (C=O) groups is 3. The van der Waals surface area contributed by atoms with Crippen molar-refractivity contribution < 1.29 is 19.1 Å². The number of nitrogens with zero attached hydrogens (tertiary/aromatic N) is 3. The van der Waals surface area contributed by atoms with E-state index < -0.39 is 5.97 Å². The monoisotopic (exact) mass is 425 g/mol. The molecule has 2 aromatic heterocycles. The van der Waals surface area contributed by atoms with E-state index in [4.69, 9.17) is 4.74 Å². The van der Waals surface area contributed by atoms with E-state index in [9.17, 15) is 14.4 Å². The van der Waals surface area contributed by atoms with Crippen molar-refractivity contribution in [2.45, 2.75) is 13.5 Å². The molecule has 30 heavy (non-hydrogen) atoms. The summed E-state index contributed by atoms with van der Waals surface area (Å²) in [5.74, 6) is -0.750. The van der Waals surface area contributed by atoms with Crippen molar-refractivity contribution in [2.24, 2.45) is 0 Å². The Morgan fingerprint density at radius 2 is 1.73 bits per heavy atom. The second kappa shape index (κ2) is 8.71. The number of hydrogen-bond acceptors (Lipinski definition) is 5. The van der Waals surface area contributed by atoms with Crippen molar-refractivity contribution in [1.29, 1.82) is 0 Å². The van der Waals surface area contributed by atoms with Crippen LogP contribution in [-0.2, 0) is 16.1 Å². The molecule has 1 aromatic carbocycles. The Morgan fingerprint density at radius 3 is 2.43 bits per heavy atom. The predicted octanol–water partition coefficient (Wildman–Crippen LogP) is 2.86. The normalized spacial score (nSPS) is 14.2. The first-order valence-corrected chi connectivity index (χ1v) is 10.8. The summed E-state index contributed by atoms with van der Waals surface area (Å²) in [6.07, 6.45) is 1.77. The molecule has 0 unspecified atom stereocenters. The molecule has 0 spiro atoms. The van der Waals surface area contributed by atoms with Gasteiger partial charge in [0, 0.05) is 49.8 Å². The van der Waals surface area contributed by atoms with Gasteiger partial charge in [-0.1, -0.05) is 24.3 Å². The summed E-state index contributed by atoms with van der Waals surface area (Å²) in [5, 5.41) is 2.69. The lowest BCUT2D eigenvalue weighted by Crippen LogP contribution is -2.51. The van der Waals surface area contributed by atoms with Crippen LogP contribution in [0.25, 0.3) is 10.9 Å². The Labute approximate surface area is 178 Å². The molecule has 1 aliphatic heterocycles. The zero-order valence-corrected chi connectivity index (χ0v) is 17.6. The molecule has 156 valence electrons. The second-order valence-electron chi connectivity index (χ2n) is 7.07. The van der Waals surface area contributed by atoms with E-state index >= 15 is 0 Å². The Balaban J connectivity index is 1.32. The van der Waals surface area contributed by atoms with Gasteiger partial charge >= 0.3 is 5.97 Å². The number of fused-ring (bicyclic) bond motifs is 1. The molecule has 0 radical (unpaired) electrons. The quantitative estimate of drug-likeness (QED) is 0.590. The minimum absolute atomic E-state index is 0.00385.